The fraction of sp³-hybridized carbons (Fsp3) is 0.167. The van der Waals surface area contributed by atoms with Gasteiger partial charge in [-0.15, -0.1) is 11.3 Å². The van der Waals surface area contributed by atoms with Crippen molar-refractivity contribution in [2.24, 2.45) is 0 Å². The second-order valence-electron chi connectivity index (χ2n) is 7.73. The van der Waals surface area contributed by atoms with Crippen molar-refractivity contribution in [2.45, 2.75) is 32.4 Å². The molecule has 0 bridgehead atoms. The van der Waals surface area contributed by atoms with Gasteiger partial charge in [0.05, 0.1) is 4.90 Å². The molecule has 2 heterocycles. The topological polar surface area (TPSA) is 80.8 Å². The van der Waals surface area contributed by atoms with Crippen molar-refractivity contribution in [3.05, 3.63) is 84.9 Å². The van der Waals surface area contributed by atoms with Crippen LogP contribution < -0.4 is 4.74 Å². The summed E-state index contributed by atoms with van der Waals surface area (Å²) in [5.74, 6) is 0.597. The molecule has 0 N–H and O–H groups in total. The average molecular weight is 500 g/mol. The predicted molar refractivity (Wildman–Crippen MR) is 128 cm³/mol. The Hall–Kier alpha value is -2.72. The van der Waals surface area contributed by atoms with Crippen LogP contribution in [0.3, 0.4) is 0 Å². The molecule has 9 heteroatoms. The van der Waals surface area contributed by atoms with Crippen molar-refractivity contribution in [2.75, 3.05) is 6.54 Å². The van der Waals surface area contributed by atoms with Crippen LogP contribution in [0.25, 0.3) is 10.8 Å². The first-order chi connectivity index (χ1) is 15.9. The normalized spacial score (nSPS) is 17.4. The molecule has 170 valence electrons. The molecule has 0 spiro atoms. The van der Waals surface area contributed by atoms with Crippen LogP contribution in [0.15, 0.2) is 98.2 Å². The van der Waals surface area contributed by atoms with E-state index in [9.17, 15) is 16.8 Å². The molecule has 1 aromatic heterocycles. The summed E-state index contributed by atoms with van der Waals surface area (Å²) in [6.45, 7) is 0.319. The zero-order chi connectivity index (χ0) is 23.1. The lowest BCUT2D eigenvalue weighted by molar-refractivity contribution is 0.121. The molecule has 1 saturated heterocycles. The summed E-state index contributed by atoms with van der Waals surface area (Å²) in [5, 5.41) is 2.09. The molecule has 3 aromatic carbocycles. The molecule has 1 aliphatic rings. The van der Waals surface area contributed by atoms with Crippen molar-refractivity contribution in [3.63, 3.8) is 0 Å². The van der Waals surface area contributed by atoms with Crippen molar-refractivity contribution >= 4 is 42.0 Å². The second-order valence-corrected chi connectivity index (χ2v) is 13.1. The van der Waals surface area contributed by atoms with Gasteiger partial charge < -0.3 is 4.74 Å². The minimum atomic E-state index is -3.91. The van der Waals surface area contributed by atoms with Gasteiger partial charge in [0.2, 0.25) is 9.84 Å². The van der Waals surface area contributed by atoms with E-state index in [1.54, 1.807) is 18.2 Å². The van der Waals surface area contributed by atoms with Crippen LogP contribution in [0.4, 0.5) is 0 Å². The third-order valence-electron chi connectivity index (χ3n) is 5.58. The second kappa shape index (κ2) is 8.57. The first-order valence-corrected chi connectivity index (χ1v) is 14.2. The van der Waals surface area contributed by atoms with Crippen LogP contribution in [-0.2, 0) is 19.9 Å². The molecule has 1 aliphatic heterocycles. The SMILES string of the molecule is O=S(=O)(c1ccccc1)c1ccc(S(=O)(=O)N2CCC[C@@H]2Oc2ccc3ccccc3c2)s1. The number of rotatable bonds is 6. The Balaban J connectivity index is 1.41. The molecule has 0 radical (unpaired) electrons. The standard InChI is InChI=1S/C24H21NO5S3/c26-32(27,21-9-2-1-3-10-21)23-14-15-24(31-23)33(28,29)25-16-6-11-22(25)30-20-13-12-18-7-4-5-8-19(18)17-20/h1-5,7-10,12-15,17,22H,6,11,16H2/t22-/m0/s1. The van der Waals surface area contributed by atoms with Crippen LogP contribution in [0.2, 0.25) is 0 Å². The minimum absolute atomic E-state index is 0.00142. The zero-order valence-corrected chi connectivity index (χ0v) is 19.9. The summed E-state index contributed by atoms with van der Waals surface area (Å²) in [6, 6.07) is 24.3. The van der Waals surface area contributed by atoms with E-state index in [2.05, 4.69) is 0 Å². The molecule has 0 unspecified atom stereocenters. The molecular formula is C24H21NO5S3. The van der Waals surface area contributed by atoms with Crippen LogP contribution in [-0.4, -0.2) is 33.9 Å². The molecular weight excluding hydrogens is 478 g/mol. The summed E-state index contributed by atoms with van der Waals surface area (Å²) in [7, 11) is -7.69. The maximum absolute atomic E-state index is 13.4. The lowest BCUT2D eigenvalue weighted by Gasteiger charge is -2.24. The Morgan fingerprint density at radius 1 is 0.788 bits per heavy atom. The third-order valence-corrected chi connectivity index (χ3v) is 11.3. The Labute approximate surface area is 197 Å². The van der Waals surface area contributed by atoms with E-state index in [4.69, 9.17) is 4.74 Å². The van der Waals surface area contributed by atoms with E-state index in [-0.39, 0.29) is 13.3 Å². The number of hydrogen-bond acceptors (Lipinski definition) is 6. The van der Waals surface area contributed by atoms with E-state index in [0.29, 0.717) is 25.1 Å². The molecule has 5 rings (SSSR count). The Kier molecular flexibility index (Phi) is 5.74. The van der Waals surface area contributed by atoms with Gasteiger partial charge in [0.15, 0.2) is 6.23 Å². The van der Waals surface area contributed by atoms with Crippen molar-refractivity contribution in [1.82, 2.24) is 4.31 Å². The van der Waals surface area contributed by atoms with Gasteiger partial charge in [0.1, 0.15) is 14.2 Å². The van der Waals surface area contributed by atoms with E-state index < -0.39 is 26.1 Å². The monoisotopic (exact) mass is 499 g/mol. The first-order valence-electron chi connectivity index (χ1n) is 10.4. The quantitative estimate of drug-likeness (QED) is 0.376. The average Bonchev–Trinajstić information content (AvgIpc) is 3.51. The summed E-state index contributed by atoms with van der Waals surface area (Å²) in [6.07, 6.45) is 0.581. The third kappa shape index (κ3) is 4.17. The lowest BCUT2D eigenvalue weighted by atomic mass is 10.1. The van der Waals surface area contributed by atoms with Gasteiger partial charge >= 0.3 is 0 Å². The Bertz CT molecular complexity index is 1510. The highest BCUT2D eigenvalue weighted by molar-refractivity contribution is 7.95. The highest BCUT2D eigenvalue weighted by Crippen LogP contribution is 2.35. The number of ether oxygens (including phenoxy) is 1. The van der Waals surface area contributed by atoms with Crippen molar-refractivity contribution < 1.29 is 21.6 Å². The van der Waals surface area contributed by atoms with Gasteiger partial charge in [-0.3, -0.25) is 0 Å². The molecule has 0 aliphatic carbocycles. The molecule has 1 atom stereocenters. The summed E-state index contributed by atoms with van der Waals surface area (Å²) < 4.78 is 59.9. The van der Waals surface area contributed by atoms with Gasteiger partial charge in [-0.25, -0.2) is 16.8 Å². The van der Waals surface area contributed by atoms with Crippen molar-refractivity contribution in [1.29, 1.82) is 0 Å². The van der Waals surface area contributed by atoms with Gasteiger partial charge in [0, 0.05) is 13.0 Å². The van der Waals surface area contributed by atoms with Gasteiger partial charge in [-0.05, 0) is 53.6 Å². The van der Waals surface area contributed by atoms with Gasteiger partial charge in [-0.2, -0.15) is 4.31 Å². The van der Waals surface area contributed by atoms with E-state index >= 15 is 0 Å². The smallest absolute Gasteiger partial charge is 0.255 e. The Morgan fingerprint density at radius 2 is 1.48 bits per heavy atom. The van der Waals surface area contributed by atoms with Gasteiger partial charge in [-0.1, -0.05) is 48.5 Å². The number of thiophene rings is 1. The summed E-state index contributed by atoms with van der Waals surface area (Å²) in [4.78, 5) is 0.134. The number of fused-ring (bicyclic) bond motifs is 1. The maximum Gasteiger partial charge on any atom is 0.255 e. The number of hydrogen-bond donors (Lipinski definition) is 0. The minimum Gasteiger partial charge on any atom is -0.474 e. The fourth-order valence-corrected chi connectivity index (χ4v) is 8.81. The lowest BCUT2D eigenvalue weighted by Crippen LogP contribution is -2.38. The molecule has 4 aromatic rings. The highest BCUT2D eigenvalue weighted by Gasteiger charge is 2.38. The predicted octanol–water partition coefficient (Wildman–Crippen LogP) is 4.92. The van der Waals surface area contributed by atoms with Crippen LogP contribution >= 0.6 is 11.3 Å². The van der Waals surface area contributed by atoms with E-state index in [0.717, 1.165) is 22.1 Å². The first kappa shape index (κ1) is 22.1. The van der Waals surface area contributed by atoms with E-state index in [1.165, 1.54) is 28.6 Å². The highest BCUT2D eigenvalue weighted by atomic mass is 32.3. The molecule has 33 heavy (non-hydrogen) atoms. The number of nitrogens with zero attached hydrogens (tertiary/aromatic N) is 1. The van der Waals surface area contributed by atoms with Gasteiger partial charge in [0.25, 0.3) is 10.0 Å². The molecule has 1 fully saturated rings. The number of benzene rings is 3. The fourth-order valence-electron chi connectivity index (χ4n) is 3.92. The van der Waals surface area contributed by atoms with Crippen LogP contribution in [0.1, 0.15) is 12.8 Å². The molecule has 6 nitrogen and oxygen atoms in total. The molecule has 0 amide bonds. The number of sulfonamides is 1. The van der Waals surface area contributed by atoms with Crippen LogP contribution in [0, 0.1) is 0 Å². The summed E-state index contributed by atoms with van der Waals surface area (Å²) >= 11 is 0.766. The maximum atomic E-state index is 13.4. The van der Waals surface area contributed by atoms with E-state index in [1.807, 2.05) is 42.5 Å². The van der Waals surface area contributed by atoms with Crippen molar-refractivity contribution in [3.8, 4) is 5.75 Å². The zero-order valence-electron chi connectivity index (χ0n) is 17.5. The largest absolute Gasteiger partial charge is 0.474 e. The summed E-state index contributed by atoms with van der Waals surface area (Å²) in [5.41, 5.74) is 0. The molecule has 0 saturated carbocycles. The Morgan fingerprint density at radius 3 is 2.27 bits per heavy atom. The van der Waals surface area contributed by atoms with Crippen LogP contribution in [0.5, 0.6) is 5.75 Å². The number of sulfone groups is 1.